The van der Waals surface area contributed by atoms with Crippen LogP contribution in [0.25, 0.3) is 0 Å². The van der Waals surface area contributed by atoms with Crippen LogP contribution in [0.15, 0.2) is 53.4 Å². The van der Waals surface area contributed by atoms with Crippen LogP contribution in [0.3, 0.4) is 0 Å². The summed E-state index contributed by atoms with van der Waals surface area (Å²) >= 11 is 1.92. The molecule has 0 amide bonds. The molecular formula is C19H25NS. The molecule has 1 atom stereocenters. The summed E-state index contributed by atoms with van der Waals surface area (Å²) in [6.45, 7) is 7.49. The second kappa shape index (κ2) is 8.26. The third kappa shape index (κ3) is 4.90. The Hall–Kier alpha value is -1.25. The molecule has 0 saturated heterocycles. The van der Waals surface area contributed by atoms with Gasteiger partial charge in [-0.1, -0.05) is 55.8 Å². The Labute approximate surface area is 133 Å². The molecule has 0 radical (unpaired) electrons. The number of aryl methyl sites for hydroxylation is 2. The Morgan fingerprint density at radius 2 is 1.62 bits per heavy atom. The molecule has 0 spiro atoms. The second-order valence-corrected chi connectivity index (χ2v) is 6.42. The zero-order chi connectivity index (χ0) is 15.1. The first-order valence-corrected chi connectivity index (χ1v) is 8.73. The molecule has 0 fully saturated rings. The van der Waals surface area contributed by atoms with Crippen molar-refractivity contribution in [3.8, 4) is 0 Å². The van der Waals surface area contributed by atoms with E-state index in [1.165, 1.54) is 21.6 Å². The first-order chi connectivity index (χ1) is 10.2. The molecule has 0 aliphatic heterocycles. The highest BCUT2D eigenvalue weighted by atomic mass is 32.2. The lowest BCUT2D eigenvalue weighted by atomic mass is 10.1. The smallest absolute Gasteiger partial charge is 0.0415 e. The van der Waals surface area contributed by atoms with Crippen LogP contribution >= 0.6 is 11.8 Å². The lowest BCUT2D eigenvalue weighted by molar-refractivity contribution is 0.606. The number of hydrogen-bond donors (Lipinski definition) is 1. The molecule has 0 saturated carbocycles. The van der Waals surface area contributed by atoms with Gasteiger partial charge in [0.2, 0.25) is 0 Å². The third-order valence-corrected chi connectivity index (χ3v) is 4.78. The maximum atomic E-state index is 3.60. The van der Waals surface area contributed by atoms with E-state index in [1.807, 2.05) is 11.8 Å². The van der Waals surface area contributed by atoms with Gasteiger partial charge in [-0.25, -0.2) is 0 Å². The summed E-state index contributed by atoms with van der Waals surface area (Å²) in [6.07, 6.45) is 1.10. The van der Waals surface area contributed by atoms with E-state index in [1.54, 1.807) is 0 Å². The average Bonchev–Trinajstić information content (AvgIpc) is 2.53. The van der Waals surface area contributed by atoms with Gasteiger partial charge in [0.05, 0.1) is 0 Å². The van der Waals surface area contributed by atoms with E-state index in [2.05, 4.69) is 74.6 Å². The van der Waals surface area contributed by atoms with Crippen molar-refractivity contribution in [3.63, 3.8) is 0 Å². The Balaban J connectivity index is 2.02. The standard InChI is InChI=1S/C19H25NS/c1-4-16-8-10-17(11-9-16)19(20-5-2)14-21-18-12-6-15(3)7-13-18/h6-13,19-20H,4-5,14H2,1-3H3. The predicted octanol–water partition coefficient (Wildman–Crippen LogP) is 5.00. The van der Waals surface area contributed by atoms with Crippen molar-refractivity contribution in [2.45, 2.75) is 38.1 Å². The second-order valence-electron chi connectivity index (χ2n) is 5.33. The Bertz CT molecular complexity index is 530. The summed E-state index contributed by atoms with van der Waals surface area (Å²) in [4.78, 5) is 1.34. The Morgan fingerprint density at radius 3 is 2.19 bits per heavy atom. The van der Waals surface area contributed by atoms with Crippen molar-refractivity contribution in [1.29, 1.82) is 0 Å². The van der Waals surface area contributed by atoms with E-state index < -0.39 is 0 Å². The molecule has 2 aromatic carbocycles. The van der Waals surface area contributed by atoms with Gasteiger partial charge in [0, 0.05) is 16.7 Å². The van der Waals surface area contributed by atoms with E-state index >= 15 is 0 Å². The summed E-state index contributed by atoms with van der Waals surface area (Å²) in [5.74, 6) is 1.06. The number of rotatable bonds is 7. The maximum Gasteiger partial charge on any atom is 0.0415 e. The van der Waals surface area contributed by atoms with E-state index in [9.17, 15) is 0 Å². The van der Waals surface area contributed by atoms with Gasteiger partial charge in [-0.05, 0) is 43.1 Å². The van der Waals surface area contributed by atoms with Gasteiger partial charge in [0.25, 0.3) is 0 Å². The van der Waals surface area contributed by atoms with Gasteiger partial charge in [-0.3, -0.25) is 0 Å². The van der Waals surface area contributed by atoms with Gasteiger partial charge in [0.1, 0.15) is 0 Å². The summed E-state index contributed by atoms with van der Waals surface area (Å²) in [7, 11) is 0. The molecule has 2 aromatic rings. The zero-order valence-corrected chi connectivity index (χ0v) is 14.0. The fraction of sp³-hybridized carbons (Fsp3) is 0.368. The fourth-order valence-corrected chi connectivity index (χ4v) is 3.32. The quantitative estimate of drug-likeness (QED) is 0.722. The number of thioether (sulfide) groups is 1. The maximum absolute atomic E-state index is 3.60. The van der Waals surface area contributed by atoms with Crippen LogP contribution in [0.5, 0.6) is 0 Å². The minimum atomic E-state index is 0.409. The predicted molar refractivity (Wildman–Crippen MR) is 94.1 cm³/mol. The Morgan fingerprint density at radius 1 is 0.952 bits per heavy atom. The van der Waals surface area contributed by atoms with Crippen LogP contribution in [-0.2, 0) is 6.42 Å². The summed E-state index contributed by atoms with van der Waals surface area (Å²) in [6, 6.07) is 18.2. The fourth-order valence-electron chi connectivity index (χ4n) is 2.32. The number of benzene rings is 2. The molecule has 0 bridgehead atoms. The largest absolute Gasteiger partial charge is 0.309 e. The van der Waals surface area contributed by atoms with E-state index in [0.29, 0.717) is 6.04 Å². The lowest BCUT2D eigenvalue weighted by Gasteiger charge is -2.18. The number of hydrogen-bond acceptors (Lipinski definition) is 2. The van der Waals surface area contributed by atoms with Gasteiger partial charge in [-0.15, -0.1) is 11.8 Å². The first kappa shape index (κ1) is 16.1. The third-order valence-electron chi connectivity index (χ3n) is 3.68. The molecule has 2 rings (SSSR count). The van der Waals surface area contributed by atoms with Crippen LogP contribution in [0, 0.1) is 6.92 Å². The van der Waals surface area contributed by atoms with Crippen molar-refractivity contribution in [3.05, 3.63) is 65.2 Å². The van der Waals surface area contributed by atoms with E-state index in [4.69, 9.17) is 0 Å². The minimum Gasteiger partial charge on any atom is -0.309 e. The highest BCUT2D eigenvalue weighted by Crippen LogP contribution is 2.25. The first-order valence-electron chi connectivity index (χ1n) is 7.74. The molecule has 21 heavy (non-hydrogen) atoms. The van der Waals surface area contributed by atoms with E-state index in [-0.39, 0.29) is 0 Å². The van der Waals surface area contributed by atoms with Crippen LogP contribution < -0.4 is 5.32 Å². The molecule has 1 nitrogen and oxygen atoms in total. The van der Waals surface area contributed by atoms with Gasteiger partial charge in [0.15, 0.2) is 0 Å². The van der Waals surface area contributed by atoms with Crippen molar-refractivity contribution in [2.75, 3.05) is 12.3 Å². The van der Waals surface area contributed by atoms with Crippen molar-refractivity contribution < 1.29 is 0 Å². The van der Waals surface area contributed by atoms with Crippen molar-refractivity contribution in [1.82, 2.24) is 5.32 Å². The van der Waals surface area contributed by atoms with Crippen LogP contribution in [0.1, 0.15) is 36.6 Å². The number of nitrogens with one attached hydrogen (secondary N) is 1. The molecule has 2 heteroatoms. The van der Waals surface area contributed by atoms with E-state index in [0.717, 1.165) is 18.7 Å². The highest BCUT2D eigenvalue weighted by molar-refractivity contribution is 7.99. The SMILES string of the molecule is CCNC(CSc1ccc(C)cc1)c1ccc(CC)cc1. The van der Waals surface area contributed by atoms with Gasteiger partial charge < -0.3 is 5.32 Å². The molecule has 0 heterocycles. The summed E-state index contributed by atoms with van der Waals surface area (Å²) in [5.41, 5.74) is 4.10. The molecule has 0 aromatic heterocycles. The van der Waals surface area contributed by atoms with Crippen LogP contribution in [-0.4, -0.2) is 12.3 Å². The zero-order valence-electron chi connectivity index (χ0n) is 13.2. The average molecular weight is 299 g/mol. The van der Waals surface area contributed by atoms with Crippen molar-refractivity contribution >= 4 is 11.8 Å². The molecule has 0 aliphatic rings. The lowest BCUT2D eigenvalue weighted by Crippen LogP contribution is -2.22. The monoisotopic (exact) mass is 299 g/mol. The summed E-state index contributed by atoms with van der Waals surface area (Å²) < 4.78 is 0. The Kier molecular flexibility index (Phi) is 6.34. The molecule has 1 unspecified atom stereocenters. The van der Waals surface area contributed by atoms with Crippen molar-refractivity contribution in [2.24, 2.45) is 0 Å². The normalized spacial score (nSPS) is 12.3. The molecule has 112 valence electrons. The van der Waals surface area contributed by atoms with Gasteiger partial charge >= 0.3 is 0 Å². The van der Waals surface area contributed by atoms with Crippen LogP contribution in [0.4, 0.5) is 0 Å². The van der Waals surface area contributed by atoms with Gasteiger partial charge in [-0.2, -0.15) is 0 Å². The summed E-state index contributed by atoms with van der Waals surface area (Å²) in [5, 5.41) is 3.60. The topological polar surface area (TPSA) is 12.0 Å². The molecule has 0 aliphatic carbocycles. The molecular weight excluding hydrogens is 274 g/mol. The minimum absolute atomic E-state index is 0.409. The van der Waals surface area contributed by atoms with Crippen LogP contribution in [0.2, 0.25) is 0 Å². The molecule has 1 N–H and O–H groups in total. The highest BCUT2D eigenvalue weighted by Gasteiger charge is 2.10.